The second-order valence-corrected chi connectivity index (χ2v) is 4.73. The van der Waals surface area contributed by atoms with E-state index in [1.54, 1.807) is 24.3 Å². The summed E-state index contributed by atoms with van der Waals surface area (Å²) in [6, 6.07) is 9.33. The number of methoxy groups -OCH3 is 1. The fraction of sp³-hybridized carbons (Fsp3) is 0.143. The van der Waals surface area contributed by atoms with Crippen molar-refractivity contribution in [3.8, 4) is 5.82 Å². The molecule has 0 saturated heterocycles. The van der Waals surface area contributed by atoms with Crippen molar-refractivity contribution in [2.75, 3.05) is 7.11 Å². The van der Waals surface area contributed by atoms with Crippen LogP contribution in [0.3, 0.4) is 0 Å². The van der Waals surface area contributed by atoms with E-state index in [1.165, 1.54) is 24.2 Å². The van der Waals surface area contributed by atoms with Crippen molar-refractivity contribution in [2.45, 2.75) is 6.04 Å². The third-order valence-electron chi connectivity index (χ3n) is 3.24. The fourth-order valence-corrected chi connectivity index (χ4v) is 2.06. The Morgan fingerprint density at radius 2 is 2.08 bits per heavy atom. The summed E-state index contributed by atoms with van der Waals surface area (Å²) in [6.45, 7) is 0. The molecule has 2 aromatic heterocycles. The summed E-state index contributed by atoms with van der Waals surface area (Å²) in [5, 5.41) is 19.8. The molecule has 3 rings (SSSR count). The molecule has 1 amide bonds. The molecule has 0 unspecified atom stereocenters. The Balaban J connectivity index is 1.80. The molecule has 122 valence electrons. The SMILES string of the molecule is COC(=O)[C@@H](NC(=O)c1cc(-n2cnnn2)n[nH]1)c1ccccc1. The van der Waals surface area contributed by atoms with Crippen LogP contribution in [0, 0.1) is 0 Å². The van der Waals surface area contributed by atoms with Crippen LogP contribution in [0.15, 0.2) is 42.7 Å². The number of hydrogen-bond acceptors (Lipinski definition) is 7. The average Bonchev–Trinajstić information content (AvgIpc) is 3.30. The summed E-state index contributed by atoms with van der Waals surface area (Å²) in [7, 11) is 1.26. The molecule has 1 aromatic carbocycles. The van der Waals surface area contributed by atoms with Crippen LogP contribution in [0.4, 0.5) is 0 Å². The standard InChI is InChI=1S/C14H13N7O3/c1-24-14(23)12(9-5-3-2-4-6-9)16-13(22)10-7-11(18-17-10)21-8-15-19-20-21/h2-8,12H,1H3,(H,16,22)(H,17,18)/t12-/m0/s1. The van der Waals surface area contributed by atoms with E-state index in [2.05, 4.69) is 31.0 Å². The molecule has 0 saturated carbocycles. The number of carbonyl (C=O) groups is 2. The molecule has 24 heavy (non-hydrogen) atoms. The highest BCUT2D eigenvalue weighted by Crippen LogP contribution is 2.15. The quantitative estimate of drug-likeness (QED) is 0.633. The van der Waals surface area contributed by atoms with Gasteiger partial charge in [-0.05, 0) is 16.0 Å². The van der Waals surface area contributed by atoms with Gasteiger partial charge in [-0.15, -0.1) is 5.10 Å². The Morgan fingerprint density at radius 1 is 1.29 bits per heavy atom. The lowest BCUT2D eigenvalue weighted by Gasteiger charge is -2.16. The van der Waals surface area contributed by atoms with Crippen LogP contribution in [0.5, 0.6) is 0 Å². The van der Waals surface area contributed by atoms with E-state index in [9.17, 15) is 9.59 Å². The van der Waals surface area contributed by atoms with Crippen LogP contribution in [0.2, 0.25) is 0 Å². The number of hydrogen-bond donors (Lipinski definition) is 2. The highest BCUT2D eigenvalue weighted by atomic mass is 16.5. The monoisotopic (exact) mass is 327 g/mol. The molecule has 0 spiro atoms. The third kappa shape index (κ3) is 3.11. The first-order valence-corrected chi connectivity index (χ1v) is 6.91. The van der Waals surface area contributed by atoms with Gasteiger partial charge < -0.3 is 10.1 Å². The van der Waals surface area contributed by atoms with Crippen molar-refractivity contribution in [1.82, 2.24) is 35.7 Å². The topological polar surface area (TPSA) is 128 Å². The number of nitrogens with one attached hydrogen (secondary N) is 2. The van der Waals surface area contributed by atoms with E-state index in [-0.39, 0.29) is 5.69 Å². The number of nitrogens with zero attached hydrogens (tertiary/aromatic N) is 5. The molecular weight excluding hydrogens is 314 g/mol. The minimum Gasteiger partial charge on any atom is -0.467 e. The van der Waals surface area contributed by atoms with E-state index in [0.717, 1.165) is 0 Å². The van der Waals surface area contributed by atoms with Crippen LogP contribution < -0.4 is 5.32 Å². The molecule has 10 nitrogen and oxygen atoms in total. The van der Waals surface area contributed by atoms with Crippen molar-refractivity contribution in [2.24, 2.45) is 0 Å². The first-order valence-electron chi connectivity index (χ1n) is 6.91. The van der Waals surface area contributed by atoms with Gasteiger partial charge in [-0.3, -0.25) is 9.89 Å². The van der Waals surface area contributed by atoms with Gasteiger partial charge in [0.25, 0.3) is 5.91 Å². The molecule has 2 heterocycles. The summed E-state index contributed by atoms with van der Waals surface area (Å²) in [6.07, 6.45) is 1.35. The number of carbonyl (C=O) groups excluding carboxylic acids is 2. The van der Waals surface area contributed by atoms with Gasteiger partial charge in [-0.25, -0.2) is 4.79 Å². The van der Waals surface area contributed by atoms with E-state index in [0.29, 0.717) is 11.4 Å². The molecule has 0 aliphatic rings. The predicted octanol–water partition coefficient (Wildman–Crippen LogP) is 0.0295. The van der Waals surface area contributed by atoms with Crippen molar-refractivity contribution in [3.63, 3.8) is 0 Å². The molecule has 0 bridgehead atoms. The number of tetrazole rings is 1. The van der Waals surface area contributed by atoms with Gasteiger partial charge in [0.1, 0.15) is 12.0 Å². The average molecular weight is 327 g/mol. The summed E-state index contributed by atoms with van der Waals surface area (Å²) < 4.78 is 6.05. The first-order chi connectivity index (χ1) is 11.7. The largest absolute Gasteiger partial charge is 0.467 e. The minimum atomic E-state index is -0.927. The molecule has 0 fully saturated rings. The minimum absolute atomic E-state index is 0.158. The van der Waals surface area contributed by atoms with Gasteiger partial charge in [0.2, 0.25) is 0 Å². The number of ether oxygens (including phenoxy) is 1. The van der Waals surface area contributed by atoms with Crippen molar-refractivity contribution < 1.29 is 14.3 Å². The maximum atomic E-state index is 12.4. The van der Waals surface area contributed by atoms with Gasteiger partial charge in [-0.1, -0.05) is 30.3 Å². The molecule has 0 aliphatic heterocycles. The highest BCUT2D eigenvalue weighted by Gasteiger charge is 2.24. The Hall–Kier alpha value is -3.56. The third-order valence-corrected chi connectivity index (χ3v) is 3.24. The number of rotatable bonds is 5. The number of benzene rings is 1. The van der Waals surface area contributed by atoms with Gasteiger partial charge in [0, 0.05) is 6.07 Å². The normalized spacial score (nSPS) is 11.7. The summed E-state index contributed by atoms with van der Waals surface area (Å²) in [5.74, 6) is -0.740. The Labute approximate surface area is 135 Å². The number of aromatic nitrogens is 6. The fourth-order valence-electron chi connectivity index (χ4n) is 2.06. The van der Waals surface area contributed by atoms with Crippen molar-refractivity contribution in [3.05, 3.63) is 54.0 Å². The van der Waals surface area contributed by atoms with Gasteiger partial charge in [0.15, 0.2) is 11.9 Å². The van der Waals surface area contributed by atoms with Crippen LogP contribution in [0.25, 0.3) is 5.82 Å². The number of amides is 1. The number of aromatic amines is 1. The molecule has 0 radical (unpaired) electrons. The molecular formula is C14H13N7O3. The maximum Gasteiger partial charge on any atom is 0.333 e. The van der Waals surface area contributed by atoms with Crippen LogP contribution in [-0.2, 0) is 9.53 Å². The molecule has 1 atom stereocenters. The predicted molar refractivity (Wildman–Crippen MR) is 80.0 cm³/mol. The lowest BCUT2D eigenvalue weighted by molar-refractivity contribution is -0.143. The summed E-state index contributed by atoms with van der Waals surface area (Å²) in [5.41, 5.74) is 0.767. The first kappa shape index (κ1) is 15.3. The highest BCUT2D eigenvalue weighted by molar-refractivity contribution is 5.95. The Morgan fingerprint density at radius 3 is 2.75 bits per heavy atom. The zero-order valence-corrected chi connectivity index (χ0v) is 12.6. The van der Waals surface area contributed by atoms with E-state index < -0.39 is 17.9 Å². The van der Waals surface area contributed by atoms with Crippen LogP contribution in [-0.4, -0.2) is 49.4 Å². The second-order valence-electron chi connectivity index (χ2n) is 4.73. The number of H-pyrrole nitrogens is 1. The molecule has 0 aliphatic carbocycles. The summed E-state index contributed by atoms with van der Waals surface area (Å²) in [4.78, 5) is 24.4. The van der Waals surface area contributed by atoms with Crippen LogP contribution >= 0.6 is 0 Å². The van der Waals surface area contributed by atoms with E-state index in [1.807, 2.05) is 6.07 Å². The van der Waals surface area contributed by atoms with Gasteiger partial charge >= 0.3 is 5.97 Å². The van der Waals surface area contributed by atoms with Crippen molar-refractivity contribution in [1.29, 1.82) is 0 Å². The lowest BCUT2D eigenvalue weighted by Crippen LogP contribution is -2.34. The van der Waals surface area contributed by atoms with Gasteiger partial charge in [-0.2, -0.15) is 9.78 Å². The van der Waals surface area contributed by atoms with E-state index in [4.69, 9.17) is 4.74 Å². The smallest absolute Gasteiger partial charge is 0.333 e. The zero-order chi connectivity index (χ0) is 16.9. The zero-order valence-electron chi connectivity index (χ0n) is 12.6. The Kier molecular flexibility index (Phi) is 4.27. The lowest BCUT2D eigenvalue weighted by atomic mass is 10.1. The molecule has 3 aromatic rings. The summed E-state index contributed by atoms with van der Waals surface area (Å²) >= 11 is 0. The van der Waals surface area contributed by atoms with Gasteiger partial charge in [0.05, 0.1) is 7.11 Å². The van der Waals surface area contributed by atoms with Crippen molar-refractivity contribution >= 4 is 11.9 Å². The van der Waals surface area contributed by atoms with E-state index >= 15 is 0 Å². The Bertz CT molecular complexity index is 829. The second kappa shape index (κ2) is 6.69. The number of esters is 1. The molecule has 10 heteroatoms. The molecule has 2 N–H and O–H groups in total. The maximum absolute atomic E-state index is 12.4. The van der Waals surface area contributed by atoms with Crippen LogP contribution in [0.1, 0.15) is 22.1 Å².